The van der Waals surface area contributed by atoms with Gasteiger partial charge in [-0.15, -0.1) is 0 Å². The van der Waals surface area contributed by atoms with Gasteiger partial charge in [-0.05, 0) is 50.1 Å². The molecule has 28 heavy (non-hydrogen) atoms. The number of nitrogens with zero attached hydrogens (tertiary/aromatic N) is 2. The predicted molar refractivity (Wildman–Crippen MR) is 111 cm³/mol. The Morgan fingerprint density at radius 3 is 2.57 bits per heavy atom. The number of aromatic nitrogens is 2. The van der Waals surface area contributed by atoms with Crippen LogP contribution in [0.4, 0.5) is 0 Å². The maximum Gasteiger partial charge on any atom is 0.255 e. The van der Waals surface area contributed by atoms with E-state index in [9.17, 15) is 4.79 Å². The van der Waals surface area contributed by atoms with Crippen molar-refractivity contribution in [2.45, 2.75) is 40.0 Å². The van der Waals surface area contributed by atoms with Crippen molar-refractivity contribution >= 4 is 17.5 Å². The van der Waals surface area contributed by atoms with Crippen molar-refractivity contribution in [1.82, 2.24) is 15.1 Å². The SMILES string of the molecule is Cc1c(C(=O)NCc2ccc(COC(C)C)cc2)cnn1-c1cccc(Cl)c1. The first-order valence-corrected chi connectivity index (χ1v) is 9.60. The molecule has 1 amide bonds. The van der Waals surface area contributed by atoms with Crippen molar-refractivity contribution < 1.29 is 9.53 Å². The molecule has 1 heterocycles. The average Bonchev–Trinajstić information content (AvgIpc) is 3.06. The molecule has 0 radical (unpaired) electrons. The molecule has 0 atom stereocenters. The van der Waals surface area contributed by atoms with Gasteiger partial charge in [0.25, 0.3) is 5.91 Å². The molecule has 5 nitrogen and oxygen atoms in total. The molecule has 0 fully saturated rings. The van der Waals surface area contributed by atoms with E-state index in [2.05, 4.69) is 10.4 Å². The number of halogens is 1. The predicted octanol–water partition coefficient (Wildman–Crippen LogP) is 4.69. The molecule has 0 bridgehead atoms. The smallest absolute Gasteiger partial charge is 0.255 e. The maximum atomic E-state index is 12.6. The quantitative estimate of drug-likeness (QED) is 0.629. The second kappa shape index (κ2) is 9.04. The average molecular weight is 398 g/mol. The molecule has 146 valence electrons. The molecule has 0 saturated carbocycles. The third-order valence-electron chi connectivity index (χ3n) is 4.37. The molecule has 0 spiro atoms. The van der Waals surface area contributed by atoms with Crippen molar-refractivity contribution in [3.8, 4) is 5.69 Å². The van der Waals surface area contributed by atoms with Crippen LogP contribution in [0.1, 0.15) is 41.0 Å². The lowest BCUT2D eigenvalue weighted by Gasteiger charge is -2.09. The second-order valence-corrected chi connectivity index (χ2v) is 7.33. The zero-order chi connectivity index (χ0) is 20.1. The second-order valence-electron chi connectivity index (χ2n) is 6.89. The lowest BCUT2D eigenvalue weighted by molar-refractivity contribution is 0.0657. The molecule has 6 heteroatoms. The summed E-state index contributed by atoms with van der Waals surface area (Å²) in [5.74, 6) is -0.155. The van der Waals surface area contributed by atoms with E-state index < -0.39 is 0 Å². The van der Waals surface area contributed by atoms with Crippen LogP contribution in [0, 0.1) is 6.92 Å². The number of carbonyl (C=O) groups is 1. The first kappa shape index (κ1) is 20.1. The van der Waals surface area contributed by atoms with E-state index in [4.69, 9.17) is 16.3 Å². The van der Waals surface area contributed by atoms with Crippen LogP contribution in [-0.2, 0) is 17.9 Å². The van der Waals surface area contributed by atoms with Gasteiger partial charge < -0.3 is 10.1 Å². The molecule has 3 rings (SSSR count). The maximum absolute atomic E-state index is 12.6. The molecule has 0 unspecified atom stereocenters. The highest BCUT2D eigenvalue weighted by molar-refractivity contribution is 6.30. The van der Waals surface area contributed by atoms with E-state index in [0.29, 0.717) is 23.7 Å². The Morgan fingerprint density at radius 2 is 1.89 bits per heavy atom. The standard InChI is InChI=1S/C22H24ClN3O2/c1-15(2)28-14-18-9-7-17(8-10-18)12-24-22(27)21-13-25-26(16(21)3)20-6-4-5-19(23)11-20/h4-11,13,15H,12,14H2,1-3H3,(H,24,27). The lowest BCUT2D eigenvalue weighted by atomic mass is 10.1. The van der Waals surface area contributed by atoms with Gasteiger partial charge in [-0.1, -0.05) is 41.9 Å². The van der Waals surface area contributed by atoms with E-state index in [1.807, 2.05) is 63.2 Å². The molecule has 3 aromatic rings. The van der Waals surface area contributed by atoms with Crippen LogP contribution in [0.2, 0.25) is 5.02 Å². The van der Waals surface area contributed by atoms with Gasteiger partial charge in [-0.2, -0.15) is 5.10 Å². The molecule has 0 aliphatic carbocycles. The number of hydrogen-bond acceptors (Lipinski definition) is 3. The van der Waals surface area contributed by atoms with Crippen LogP contribution in [0.15, 0.2) is 54.7 Å². The molecular formula is C22H24ClN3O2. The Hall–Kier alpha value is -2.63. The highest BCUT2D eigenvalue weighted by Crippen LogP contribution is 2.18. The van der Waals surface area contributed by atoms with Crippen molar-refractivity contribution in [1.29, 1.82) is 0 Å². The summed E-state index contributed by atoms with van der Waals surface area (Å²) in [6.07, 6.45) is 1.79. The fourth-order valence-electron chi connectivity index (χ4n) is 2.79. The summed E-state index contributed by atoms with van der Waals surface area (Å²) in [5.41, 5.74) is 4.27. The number of rotatable bonds is 7. The van der Waals surface area contributed by atoms with Gasteiger partial charge in [0.1, 0.15) is 0 Å². The Morgan fingerprint density at radius 1 is 1.18 bits per heavy atom. The largest absolute Gasteiger partial charge is 0.374 e. The van der Waals surface area contributed by atoms with Gasteiger partial charge in [0.05, 0.1) is 35.9 Å². The zero-order valence-corrected chi connectivity index (χ0v) is 17.0. The monoisotopic (exact) mass is 397 g/mol. The number of nitrogens with one attached hydrogen (secondary N) is 1. The van der Waals surface area contributed by atoms with Gasteiger partial charge >= 0.3 is 0 Å². The van der Waals surface area contributed by atoms with Crippen LogP contribution in [0.25, 0.3) is 5.69 Å². The Labute approximate surface area is 170 Å². The van der Waals surface area contributed by atoms with Crippen molar-refractivity contribution in [3.05, 3.63) is 82.1 Å². The minimum atomic E-state index is -0.155. The van der Waals surface area contributed by atoms with Gasteiger partial charge in [0, 0.05) is 11.6 Å². The highest BCUT2D eigenvalue weighted by atomic mass is 35.5. The van der Waals surface area contributed by atoms with E-state index in [0.717, 1.165) is 22.5 Å². The number of benzene rings is 2. The first-order valence-electron chi connectivity index (χ1n) is 9.22. The summed E-state index contributed by atoms with van der Waals surface area (Å²) in [7, 11) is 0. The number of ether oxygens (including phenoxy) is 1. The topological polar surface area (TPSA) is 56.1 Å². The summed E-state index contributed by atoms with van der Waals surface area (Å²) in [5, 5.41) is 7.91. The van der Waals surface area contributed by atoms with Crippen molar-refractivity contribution in [2.24, 2.45) is 0 Å². The van der Waals surface area contributed by atoms with Crippen LogP contribution in [0.3, 0.4) is 0 Å². The number of carbonyl (C=O) groups excluding carboxylic acids is 1. The molecule has 0 saturated heterocycles. The zero-order valence-electron chi connectivity index (χ0n) is 16.3. The van der Waals surface area contributed by atoms with E-state index in [-0.39, 0.29) is 12.0 Å². The van der Waals surface area contributed by atoms with Gasteiger partial charge in [0.2, 0.25) is 0 Å². The molecule has 1 N–H and O–H groups in total. The Kier molecular flexibility index (Phi) is 6.49. The van der Waals surface area contributed by atoms with Crippen LogP contribution in [-0.4, -0.2) is 21.8 Å². The van der Waals surface area contributed by atoms with Gasteiger partial charge in [0.15, 0.2) is 0 Å². The number of hydrogen-bond donors (Lipinski definition) is 1. The van der Waals surface area contributed by atoms with Crippen molar-refractivity contribution in [3.63, 3.8) is 0 Å². The van der Waals surface area contributed by atoms with Crippen molar-refractivity contribution in [2.75, 3.05) is 0 Å². The van der Waals surface area contributed by atoms with Crippen LogP contribution < -0.4 is 5.32 Å². The Balaban J connectivity index is 1.62. The molecule has 2 aromatic carbocycles. The van der Waals surface area contributed by atoms with Gasteiger partial charge in [-0.25, -0.2) is 4.68 Å². The Bertz CT molecular complexity index is 949. The van der Waals surface area contributed by atoms with E-state index in [1.54, 1.807) is 16.9 Å². The first-order chi connectivity index (χ1) is 13.4. The third kappa shape index (κ3) is 5.00. The fourth-order valence-corrected chi connectivity index (χ4v) is 2.98. The van der Waals surface area contributed by atoms with Crippen LogP contribution >= 0.6 is 11.6 Å². The van der Waals surface area contributed by atoms with Gasteiger partial charge in [-0.3, -0.25) is 4.79 Å². The highest BCUT2D eigenvalue weighted by Gasteiger charge is 2.15. The summed E-state index contributed by atoms with van der Waals surface area (Å²) in [6, 6.07) is 15.4. The van der Waals surface area contributed by atoms with E-state index >= 15 is 0 Å². The molecule has 1 aromatic heterocycles. The normalized spacial score (nSPS) is 11.0. The third-order valence-corrected chi connectivity index (χ3v) is 4.60. The number of amides is 1. The van der Waals surface area contributed by atoms with Crippen LogP contribution in [0.5, 0.6) is 0 Å². The summed E-state index contributed by atoms with van der Waals surface area (Å²) in [4.78, 5) is 12.6. The van der Waals surface area contributed by atoms with E-state index in [1.165, 1.54) is 0 Å². The molecular weight excluding hydrogens is 374 g/mol. The minimum Gasteiger partial charge on any atom is -0.374 e. The molecule has 0 aliphatic heterocycles. The fraction of sp³-hybridized carbons (Fsp3) is 0.273. The summed E-state index contributed by atoms with van der Waals surface area (Å²) >= 11 is 6.05. The minimum absolute atomic E-state index is 0.155. The molecule has 0 aliphatic rings. The summed E-state index contributed by atoms with van der Waals surface area (Å²) < 4.78 is 7.31. The lowest BCUT2D eigenvalue weighted by Crippen LogP contribution is -2.23. The summed E-state index contributed by atoms with van der Waals surface area (Å²) in [6.45, 7) is 6.94.